The van der Waals surface area contributed by atoms with Gasteiger partial charge in [-0.05, 0) is 36.6 Å². The first-order valence-corrected chi connectivity index (χ1v) is 12.4. The second-order valence-electron chi connectivity index (χ2n) is 9.86. The van der Waals surface area contributed by atoms with Gasteiger partial charge in [0.2, 0.25) is 11.8 Å². The average molecular weight is 489 g/mol. The largest absolute Gasteiger partial charge is 0.493 e. The molecule has 2 aliphatic carbocycles. The Morgan fingerprint density at radius 1 is 1.23 bits per heavy atom. The number of hydrogen-bond donors (Lipinski definition) is 4. The van der Waals surface area contributed by atoms with Gasteiger partial charge in [-0.3, -0.25) is 9.59 Å². The molecule has 0 aromatic heterocycles. The topological polar surface area (TPSA) is 129 Å². The molecule has 0 unspecified atom stereocenters. The Morgan fingerprint density at radius 2 is 1.94 bits per heavy atom. The average Bonchev–Trinajstić information content (AvgIpc) is 3.52. The number of carbonyl (C=O) groups is 2. The predicted octanol–water partition coefficient (Wildman–Crippen LogP) is 1.24. The van der Waals surface area contributed by atoms with Crippen molar-refractivity contribution in [1.82, 2.24) is 10.2 Å². The van der Waals surface area contributed by atoms with Crippen LogP contribution in [0.25, 0.3) is 0 Å². The van der Waals surface area contributed by atoms with Crippen molar-refractivity contribution in [3.05, 3.63) is 34.9 Å². The van der Waals surface area contributed by atoms with E-state index < -0.39 is 24.2 Å². The van der Waals surface area contributed by atoms with Gasteiger partial charge in [0.1, 0.15) is 12.2 Å². The molecule has 0 saturated heterocycles. The molecule has 0 radical (unpaired) electrons. The predicted molar refractivity (Wildman–Crippen MR) is 128 cm³/mol. The standard InChI is InChI=1S/C26H36N2O7/c1-14(2)26(33)28(16-6-4-5-7-16)19-12-18(25(32)27-8-9-29)21-17-10-15(13-30)11-20(34-3)23(17)35-24(21)22(19)31/h10-12,14,16,19,21-22,24,29-31H,4-9,13H2,1-3H3,(H,27,32)/t19-,21+,22+,24+/m1/s1. The van der Waals surface area contributed by atoms with E-state index in [0.29, 0.717) is 28.2 Å². The number of hydrogen-bond acceptors (Lipinski definition) is 7. The molecule has 4 N–H and O–H groups in total. The molecule has 0 spiro atoms. The molecule has 35 heavy (non-hydrogen) atoms. The van der Waals surface area contributed by atoms with Gasteiger partial charge in [0.05, 0.1) is 32.3 Å². The van der Waals surface area contributed by atoms with Crippen LogP contribution in [-0.4, -0.2) is 76.6 Å². The number of amides is 2. The summed E-state index contributed by atoms with van der Waals surface area (Å²) in [6, 6.07) is 2.68. The molecule has 1 aromatic rings. The number of fused-ring (bicyclic) bond motifs is 3. The van der Waals surface area contributed by atoms with E-state index in [9.17, 15) is 24.9 Å². The number of methoxy groups -OCH3 is 1. The molecular formula is C26H36N2O7. The maximum atomic E-state index is 13.4. The summed E-state index contributed by atoms with van der Waals surface area (Å²) < 4.78 is 11.7. The third kappa shape index (κ3) is 4.64. The number of nitrogens with one attached hydrogen (secondary N) is 1. The molecule has 1 heterocycles. The zero-order chi connectivity index (χ0) is 25.3. The summed E-state index contributed by atoms with van der Waals surface area (Å²) in [6.07, 6.45) is 3.53. The van der Waals surface area contributed by atoms with Crippen LogP contribution < -0.4 is 14.8 Å². The van der Waals surface area contributed by atoms with Crippen molar-refractivity contribution in [2.24, 2.45) is 5.92 Å². The van der Waals surface area contributed by atoms with Gasteiger partial charge in [0, 0.05) is 29.6 Å². The lowest BCUT2D eigenvalue weighted by Gasteiger charge is -2.43. The Kier molecular flexibility index (Phi) is 7.68. The lowest BCUT2D eigenvalue weighted by atomic mass is 9.76. The summed E-state index contributed by atoms with van der Waals surface area (Å²) in [6.45, 7) is 3.31. The molecule has 2 amide bonds. The number of nitrogens with zero attached hydrogens (tertiary/aromatic N) is 1. The van der Waals surface area contributed by atoms with E-state index >= 15 is 0 Å². The van der Waals surface area contributed by atoms with Gasteiger partial charge in [0.15, 0.2) is 11.5 Å². The smallest absolute Gasteiger partial charge is 0.247 e. The Balaban J connectivity index is 1.83. The van der Waals surface area contributed by atoms with E-state index in [1.54, 1.807) is 23.1 Å². The summed E-state index contributed by atoms with van der Waals surface area (Å²) >= 11 is 0. The van der Waals surface area contributed by atoms with Crippen LogP contribution in [0.2, 0.25) is 0 Å². The van der Waals surface area contributed by atoms with Crippen LogP contribution in [0.3, 0.4) is 0 Å². The van der Waals surface area contributed by atoms with E-state index in [4.69, 9.17) is 9.47 Å². The fraction of sp³-hybridized carbons (Fsp3) is 0.615. The third-order valence-electron chi connectivity index (χ3n) is 7.28. The van der Waals surface area contributed by atoms with Crippen LogP contribution in [0.5, 0.6) is 11.5 Å². The number of benzene rings is 1. The van der Waals surface area contributed by atoms with E-state index in [1.807, 2.05) is 13.8 Å². The number of ether oxygens (including phenoxy) is 2. The molecule has 9 nitrogen and oxygen atoms in total. The molecule has 1 fully saturated rings. The first-order chi connectivity index (χ1) is 16.8. The molecule has 0 bridgehead atoms. The van der Waals surface area contributed by atoms with E-state index in [2.05, 4.69) is 5.32 Å². The van der Waals surface area contributed by atoms with Gasteiger partial charge in [-0.1, -0.05) is 26.7 Å². The van der Waals surface area contributed by atoms with Crippen LogP contribution in [0, 0.1) is 5.92 Å². The second kappa shape index (κ2) is 10.6. The summed E-state index contributed by atoms with van der Waals surface area (Å²) in [5, 5.41) is 33.4. The molecule has 1 aliphatic heterocycles. The minimum Gasteiger partial charge on any atom is -0.493 e. The Labute approximate surface area is 205 Å². The van der Waals surface area contributed by atoms with Gasteiger partial charge in [-0.25, -0.2) is 0 Å². The highest BCUT2D eigenvalue weighted by atomic mass is 16.5. The molecule has 9 heteroatoms. The molecule has 4 rings (SSSR count). The normalized spacial score (nSPS) is 25.5. The zero-order valence-corrected chi connectivity index (χ0v) is 20.6. The van der Waals surface area contributed by atoms with Crippen LogP contribution in [0.1, 0.15) is 56.6 Å². The van der Waals surface area contributed by atoms with Crippen molar-refractivity contribution in [1.29, 1.82) is 0 Å². The highest BCUT2D eigenvalue weighted by molar-refractivity contribution is 5.96. The van der Waals surface area contributed by atoms with Gasteiger partial charge in [0.25, 0.3) is 0 Å². The van der Waals surface area contributed by atoms with E-state index in [1.165, 1.54) is 7.11 Å². The third-order valence-corrected chi connectivity index (χ3v) is 7.28. The quantitative estimate of drug-likeness (QED) is 0.433. The van der Waals surface area contributed by atoms with Gasteiger partial charge < -0.3 is 35.0 Å². The number of carbonyl (C=O) groups excluding carboxylic acids is 2. The summed E-state index contributed by atoms with van der Waals surface area (Å²) in [5.74, 6) is -0.515. The first-order valence-electron chi connectivity index (χ1n) is 12.4. The van der Waals surface area contributed by atoms with Crippen molar-refractivity contribution >= 4 is 11.8 Å². The molecular weight excluding hydrogens is 452 g/mol. The van der Waals surface area contributed by atoms with Gasteiger partial charge in [-0.2, -0.15) is 0 Å². The van der Waals surface area contributed by atoms with Crippen molar-refractivity contribution in [3.63, 3.8) is 0 Å². The number of rotatable bonds is 8. The van der Waals surface area contributed by atoms with Crippen molar-refractivity contribution in [2.45, 2.75) is 76.3 Å². The molecule has 1 saturated carbocycles. The summed E-state index contributed by atoms with van der Waals surface area (Å²) in [7, 11) is 1.50. The second-order valence-corrected chi connectivity index (χ2v) is 9.86. The Morgan fingerprint density at radius 3 is 2.54 bits per heavy atom. The Bertz CT molecular complexity index is 986. The number of aliphatic hydroxyl groups excluding tert-OH is 3. The van der Waals surface area contributed by atoms with E-state index in [0.717, 1.165) is 25.7 Å². The highest BCUT2D eigenvalue weighted by Gasteiger charge is 2.52. The van der Waals surface area contributed by atoms with Crippen LogP contribution >= 0.6 is 0 Å². The summed E-state index contributed by atoms with van der Waals surface area (Å²) in [5.41, 5.74) is 1.61. The maximum absolute atomic E-state index is 13.4. The van der Waals surface area contributed by atoms with Gasteiger partial charge in [-0.15, -0.1) is 0 Å². The molecule has 4 atom stereocenters. The van der Waals surface area contributed by atoms with Crippen molar-refractivity contribution in [3.8, 4) is 11.5 Å². The minimum absolute atomic E-state index is 0.0154. The molecule has 3 aliphatic rings. The number of aliphatic hydroxyl groups is 3. The maximum Gasteiger partial charge on any atom is 0.247 e. The first kappa shape index (κ1) is 25.5. The molecule has 1 aromatic carbocycles. The Hall–Kier alpha value is -2.62. The SMILES string of the molecule is COc1cc(CO)cc2c1O[C@@H]1[C@@H](O)[C@H](N(C(=O)C(C)C)C3CCCC3)C=C(C(=O)NCCO)[C@H]21. The lowest BCUT2D eigenvalue weighted by Crippen LogP contribution is -2.58. The monoisotopic (exact) mass is 488 g/mol. The minimum atomic E-state index is -1.08. The fourth-order valence-corrected chi connectivity index (χ4v) is 5.64. The lowest BCUT2D eigenvalue weighted by molar-refractivity contribution is -0.143. The van der Waals surface area contributed by atoms with Crippen LogP contribution in [0.15, 0.2) is 23.8 Å². The van der Waals surface area contributed by atoms with E-state index in [-0.39, 0.29) is 43.5 Å². The van der Waals surface area contributed by atoms with Crippen LogP contribution in [0.4, 0.5) is 0 Å². The van der Waals surface area contributed by atoms with Crippen molar-refractivity contribution < 1.29 is 34.4 Å². The van der Waals surface area contributed by atoms with Gasteiger partial charge >= 0.3 is 0 Å². The highest BCUT2D eigenvalue weighted by Crippen LogP contribution is 2.51. The molecule has 192 valence electrons. The summed E-state index contributed by atoms with van der Waals surface area (Å²) in [4.78, 5) is 28.5. The van der Waals surface area contributed by atoms with Crippen molar-refractivity contribution in [2.75, 3.05) is 20.3 Å². The zero-order valence-electron chi connectivity index (χ0n) is 20.6. The van der Waals surface area contributed by atoms with Crippen LogP contribution in [-0.2, 0) is 16.2 Å². The fourth-order valence-electron chi connectivity index (χ4n) is 5.64.